The van der Waals surface area contributed by atoms with E-state index in [-0.39, 0.29) is 25.0 Å². The molecule has 208 valence electrons. The standard InChI is InChI=1S/C28H27ClN4O6S/c1-37-10-9-21(27(35)32-25-8-7-24(40-25)28(36)31-17-4-5-17)33-14-23(38-2)20(12-26(33)34)19-11-16(29)3-6-18(19)22-13-30-15-39-22/h3,6-8,11-15,17,21H,4-5,9-10H2,1-2H3,(H,31,36)(H,32,35). The molecule has 1 aliphatic carbocycles. The highest BCUT2D eigenvalue weighted by atomic mass is 35.5. The number of halogens is 1. The van der Waals surface area contributed by atoms with Crippen LogP contribution in [0.5, 0.6) is 5.75 Å². The van der Waals surface area contributed by atoms with Gasteiger partial charge < -0.3 is 24.5 Å². The number of amides is 2. The number of rotatable bonds is 11. The van der Waals surface area contributed by atoms with Crippen molar-refractivity contribution in [2.75, 3.05) is 26.1 Å². The van der Waals surface area contributed by atoms with Crippen LogP contribution in [-0.2, 0) is 9.53 Å². The minimum absolute atomic E-state index is 0.161. The van der Waals surface area contributed by atoms with Crippen LogP contribution in [-0.4, -0.2) is 48.2 Å². The maximum Gasteiger partial charge on any atom is 0.261 e. The Bertz CT molecular complexity index is 1580. The first-order chi connectivity index (χ1) is 19.4. The lowest BCUT2D eigenvalue weighted by Gasteiger charge is -2.21. The van der Waals surface area contributed by atoms with E-state index in [1.54, 1.807) is 36.5 Å². The Morgan fingerprint density at radius 3 is 2.70 bits per heavy atom. The van der Waals surface area contributed by atoms with E-state index >= 15 is 0 Å². The minimum atomic E-state index is -0.908. The number of benzene rings is 1. The topological polar surface area (TPSA) is 125 Å². The van der Waals surface area contributed by atoms with Gasteiger partial charge in [0.2, 0.25) is 5.91 Å². The van der Waals surface area contributed by atoms with Crippen molar-refractivity contribution in [3.05, 3.63) is 75.4 Å². The molecule has 0 saturated heterocycles. The summed E-state index contributed by atoms with van der Waals surface area (Å²) in [6.07, 6.45) is 6.58. The third-order valence-electron chi connectivity index (χ3n) is 6.46. The molecule has 3 aromatic heterocycles. The van der Waals surface area contributed by atoms with Gasteiger partial charge >= 0.3 is 0 Å². The number of anilines is 1. The van der Waals surface area contributed by atoms with Gasteiger partial charge in [0.1, 0.15) is 11.8 Å². The molecule has 5 rings (SSSR count). The van der Waals surface area contributed by atoms with Gasteiger partial charge in [-0.3, -0.25) is 19.0 Å². The molecule has 1 fully saturated rings. The monoisotopic (exact) mass is 582 g/mol. The molecule has 1 unspecified atom stereocenters. The molecule has 0 radical (unpaired) electrons. The predicted molar refractivity (Wildman–Crippen MR) is 152 cm³/mol. The summed E-state index contributed by atoms with van der Waals surface area (Å²) in [6, 6.07) is 9.28. The molecular weight excluding hydrogens is 556 g/mol. The first kappa shape index (κ1) is 27.6. The van der Waals surface area contributed by atoms with Gasteiger partial charge in [0.05, 0.1) is 29.4 Å². The van der Waals surface area contributed by atoms with E-state index in [0.29, 0.717) is 43.1 Å². The average Bonchev–Trinajstić information content (AvgIpc) is 3.37. The Balaban J connectivity index is 1.47. The maximum atomic E-state index is 13.5. The Morgan fingerprint density at radius 2 is 2.00 bits per heavy atom. The third kappa shape index (κ3) is 6.11. The fraction of sp³-hybridized carbons (Fsp3) is 0.286. The first-order valence-electron chi connectivity index (χ1n) is 12.6. The van der Waals surface area contributed by atoms with Crippen LogP contribution in [0.25, 0.3) is 22.5 Å². The van der Waals surface area contributed by atoms with Crippen LogP contribution in [0.1, 0.15) is 35.0 Å². The summed E-state index contributed by atoms with van der Waals surface area (Å²) in [5.74, 6) is 0.269. The van der Waals surface area contributed by atoms with Crippen molar-refractivity contribution in [3.63, 3.8) is 0 Å². The van der Waals surface area contributed by atoms with Crippen LogP contribution >= 0.6 is 22.9 Å². The normalized spacial score (nSPS) is 13.6. The summed E-state index contributed by atoms with van der Waals surface area (Å²) in [4.78, 5) is 43.8. The fourth-order valence-electron chi connectivity index (χ4n) is 4.29. The Kier molecular flexibility index (Phi) is 8.34. The summed E-state index contributed by atoms with van der Waals surface area (Å²) < 4.78 is 17.7. The number of hydrogen-bond acceptors (Lipinski definition) is 8. The molecule has 0 aliphatic heterocycles. The third-order valence-corrected chi connectivity index (χ3v) is 7.69. The SMILES string of the molecule is COCCC(C(=O)Nc1ccc(C(=O)NC2CC2)s1)n1cc(OC)c(-c2cc(Cl)ccc2-c2cnco2)cc1=O. The van der Waals surface area contributed by atoms with Crippen molar-refractivity contribution < 1.29 is 23.5 Å². The van der Waals surface area contributed by atoms with Crippen molar-refractivity contribution in [2.45, 2.75) is 31.3 Å². The van der Waals surface area contributed by atoms with Crippen LogP contribution in [0.2, 0.25) is 5.02 Å². The van der Waals surface area contributed by atoms with Crippen LogP contribution in [0, 0.1) is 0 Å². The molecule has 0 spiro atoms. The van der Waals surface area contributed by atoms with E-state index in [9.17, 15) is 14.4 Å². The van der Waals surface area contributed by atoms with E-state index in [0.717, 1.165) is 12.8 Å². The van der Waals surface area contributed by atoms with Gasteiger partial charge in [-0.25, -0.2) is 4.98 Å². The molecule has 40 heavy (non-hydrogen) atoms. The number of methoxy groups -OCH3 is 2. The van der Waals surface area contributed by atoms with E-state index in [1.807, 2.05) is 0 Å². The number of nitrogens with one attached hydrogen (secondary N) is 2. The highest BCUT2D eigenvalue weighted by Crippen LogP contribution is 2.38. The molecule has 4 aromatic rings. The molecule has 1 saturated carbocycles. The van der Waals surface area contributed by atoms with Crippen LogP contribution < -0.4 is 20.9 Å². The van der Waals surface area contributed by atoms with Gasteiger partial charge in [0, 0.05) is 48.4 Å². The maximum absolute atomic E-state index is 13.5. The Labute approximate surface area is 238 Å². The lowest BCUT2D eigenvalue weighted by molar-refractivity contribution is -0.119. The second-order valence-corrected chi connectivity index (χ2v) is 10.8. The summed E-state index contributed by atoms with van der Waals surface area (Å²) in [7, 11) is 3.01. The van der Waals surface area contributed by atoms with Gasteiger partial charge in [-0.15, -0.1) is 11.3 Å². The smallest absolute Gasteiger partial charge is 0.261 e. The highest BCUT2D eigenvalue weighted by molar-refractivity contribution is 7.18. The molecule has 1 atom stereocenters. The van der Waals surface area contributed by atoms with Crippen LogP contribution in [0.15, 0.2) is 64.4 Å². The zero-order chi connectivity index (χ0) is 28.2. The molecule has 2 N–H and O–H groups in total. The van der Waals surface area contributed by atoms with Gasteiger partial charge in [-0.05, 0) is 48.7 Å². The Hall–Kier alpha value is -3.93. The van der Waals surface area contributed by atoms with Gasteiger partial charge in [0.25, 0.3) is 11.5 Å². The lowest BCUT2D eigenvalue weighted by atomic mass is 9.98. The van der Waals surface area contributed by atoms with Crippen molar-refractivity contribution >= 4 is 39.8 Å². The Morgan fingerprint density at radius 1 is 1.18 bits per heavy atom. The second kappa shape index (κ2) is 12.1. The number of oxazole rings is 1. The molecule has 1 aromatic carbocycles. The largest absolute Gasteiger partial charge is 0.495 e. The second-order valence-electron chi connectivity index (χ2n) is 9.25. The van der Waals surface area contributed by atoms with Crippen molar-refractivity contribution in [1.29, 1.82) is 0 Å². The number of aromatic nitrogens is 2. The number of ether oxygens (including phenoxy) is 2. The molecule has 1 aliphatic rings. The summed E-state index contributed by atoms with van der Waals surface area (Å²) in [5, 5.41) is 6.74. The molecule has 0 bridgehead atoms. The molecular formula is C28H27ClN4O6S. The minimum Gasteiger partial charge on any atom is -0.495 e. The van der Waals surface area contributed by atoms with Gasteiger partial charge in [-0.1, -0.05) is 11.6 Å². The fourth-order valence-corrected chi connectivity index (χ4v) is 5.27. The van der Waals surface area contributed by atoms with E-state index in [2.05, 4.69) is 15.6 Å². The average molecular weight is 583 g/mol. The highest BCUT2D eigenvalue weighted by Gasteiger charge is 2.27. The number of nitrogens with zero attached hydrogens (tertiary/aromatic N) is 2. The van der Waals surface area contributed by atoms with Crippen LogP contribution in [0.4, 0.5) is 5.00 Å². The van der Waals surface area contributed by atoms with E-state index in [1.165, 1.54) is 48.8 Å². The molecule has 12 heteroatoms. The zero-order valence-electron chi connectivity index (χ0n) is 21.8. The molecule has 3 heterocycles. The van der Waals surface area contributed by atoms with E-state index in [4.69, 9.17) is 25.5 Å². The van der Waals surface area contributed by atoms with Gasteiger partial charge in [-0.2, -0.15) is 0 Å². The van der Waals surface area contributed by atoms with E-state index < -0.39 is 17.5 Å². The first-order valence-corrected chi connectivity index (χ1v) is 13.8. The summed E-state index contributed by atoms with van der Waals surface area (Å²) in [6.45, 7) is 0.234. The quantitative estimate of drug-likeness (QED) is 0.255. The molecule has 10 nitrogen and oxygen atoms in total. The van der Waals surface area contributed by atoms with Crippen LogP contribution in [0.3, 0.4) is 0 Å². The number of carbonyl (C=O) groups is 2. The lowest BCUT2D eigenvalue weighted by Crippen LogP contribution is -2.33. The number of thiophene rings is 1. The zero-order valence-corrected chi connectivity index (χ0v) is 23.4. The van der Waals surface area contributed by atoms with Crippen molar-refractivity contribution in [2.24, 2.45) is 0 Å². The number of pyridine rings is 1. The van der Waals surface area contributed by atoms with Gasteiger partial charge in [0.15, 0.2) is 12.2 Å². The molecule has 2 amide bonds. The predicted octanol–water partition coefficient (Wildman–Crippen LogP) is 5.00. The number of hydrogen-bond donors (Lipinski definition) is 2. The van der Waals surface area contributed by atoms with Crippen molar-refractivity contribution in [1.82, 2.24) is 14.9 Å². The summed E-state index contributed by atoms with van der Waals surface area (Å²) in [5.41, 5.74) is 1.34. The summed E-state index contributed by atoms with van der Waals surface area (Å²) >= 11 is 7.48. The number of carbonyl (C=O) groups excluding carboxylic acids is 2. The van der Waals surface area contributed by atoms with Crippen molar-refractivity contribution in [3.8, 4) is 28.2 Å².